The number of rotatable bonds is 22. The van der Waals surface area contributed by atoms with E-state index in [0.717, 1.165) is 42.1 Å². The van der Waals surface area contributed by atoms with Gasteiger partial charge in [0.2, 0.25) is 11.8 Å². The number of carbonyl (C=O) groups excluding carboxylic acids is 1. The first-order chi connectivity index (χ1) is 38.8. The van der Waals surface area contributed by atoms with Crippen LogP contribution in [-0.2, 0) is 28.9 Å². The number of imidazole rings is 1. The number of nitriles is 1. The van der Waals surface area contributed by atoms with E-state index in [9.17, 15) is 10.1 Å². The molecular formula is C61H62N7O9PSi. The van der Waals surface area contributed by atoms with Crippen molar-refractivity contribution in [3.05, 3.63) is 193 Å². The summed E-state index contributed by atoms with van der Waals surface area (Å²) in [5.41, 5.74) is 2.16. The molecule has 3 aliphatic heterocycles. The van der Waals surface area contributed by atoms with E-state index >= 15 is 0 Å². The molecule has 404 valence electrons. The third kappa shape index (κ3) is 11.4. The van der Waals surface area contributed by atoms with Crippen LogP contribution >= 0.6 is 8.53 Å². The first-order valence-corrected chi connectivity index (χ1v) is 30.5. The lowest BCUT2D eigenvalue weighted by atomic mass is 9.80. The van der Waals surface area contributed by atoms with E-state index in [2.05, 4.69) is 100 Å². The molecule has 1 N–H and O–H groups in total. The number of nitrogens with one attached hydrogen (secondary N) is 1. The summed E-state index contributed by atoms with van der Waals surface area (Å²) >= 11 is 0. The Morgan fingerprint density at radius 2 is 1.38 bits per heavy atom. The van der Waals surface area contributed by atoms with Crippen LogP contribution in [0.15, 0.2) is 176 Å². The summed E-state index contributed by atoms with van der Waals surface area (Å²) < 4.78 is 56.8. The van der Waals surface area contributed by atoms with Crippen molar-refractivity contribution in [3.8, 4) is 29.2 Å². The van der Waals surface area contributed by atoms with Crippen molar-refractivity contribution in [2.75, 3.05) is 45.9 Å². The van der Waals surface area contributed by atoms with Crippen LogP contribution in [-0.4, -0.2) is 103 Å². The van der Waals surface area contributed by atoms with Crippen LogP contribution in [0.25, 0.3) is 11.2 Å². The van der Waals surface area contributed by atoms with Gasteiger partial charge >= 0.3 is 0 Å². The highest BCUT2D eigenvalue weighted by molar-refractivity contribution is 7.45. The molecule has 3 fully saturated rings. The molecule has 0 unspecified atom stereocenters. The van der Waals surface area contributed by atoms with Gasteiger partial charge in [0.15, 0.2) is 17.8 Å². The fourth-order valence-corrected chi connectivity index (χ4v) is 17.1. The van der Waals surface area contributed by atoms with Crippen LogP contribution in [0.1, 0.15) is 48.6 Å². The van der Waals surface area contributed by atoms with Gasteiger partial charge in [0.25, 0.3) is 14.4 Å². The Morgan fingerprint density at radius 1 is 0.772 bits per heavy atom. The number of methoxy groups -OCH3 is 2. The fourth-order valence-electron chi connectivity index (χ4n) is 11.1. The second-order valence-electron chi connectivity index (χ2n) is 19.9. The maximum atomic E-state index is 13.4. The number of carbonyl (C=O) groups is 1. The van der Waals surface area contributed by atoms with Gasteiger partial charge in [-0.1, -0.05) is 150 Å². The van der Waals surface area contributed by atoms with Crippen LogP contribution in [0.4, 0.5) is 5.95 Å². The molecule has 6 atom stereocenters. The zero-order chi connectivity index (χ0) is 54.2. The van der Waals surface area contributed by atoms with E-state index in [-0.39, 0.29) is 50.2 Å². The topological polar surface area (TPSA) is 174 Å². The Hall–Kier alpha value is -7.52. The summed E-state index contributed by atoms with van der Waals surface area (Å²) in [4.78, 5) is 27.5. The molecule has 2 aromatic heterocycles. The van der Waals surface area contributed by atoms with E-state index in [4.69, 9.17) is 47.4 Å². The largest absolute Gasteiger partial charge is 0.497 e. The van der Waals surface area contributed by atoms with Gasteiger partial charge in [0.1, 0.15) is 49.9 Å². The number of nitrogens with zero attached hydrogens (tertiary/aromatic N) is 6. The van der Waals surface area contributed by atoms with Gasteiger partial charge in [-0.3, -0.25) is 14.7 Å². The predicted octanol–water partition coefficient (Wildman–Crippen LogP) is 9.82. The van der Waals surface area contributed by atoms with E-state index in [1.165, 1.54) is 10.4 Å². The van der Waals surface area contributed by atoms with Gasteiger partial charge in [-0.05, 0) is 72.0 Å². The molecule has 6 aromatic carbocycles. The van der Waals surface area contributed by atoms with E-state index in [0.29, 0.717) is 34.8 Å². The zero-order valence-electron chi connectivity index (χ0n) is 44.3. The van der Waals surface area contributed by atoms with Gasteiger partial charge < -0.3 is 37.5 Å². The SMILES string of the molecule is COc1ccc(C(OC[C@H]2O[C@@H](n3cnc4c(OCCC#N)nc(NC(=O)COc5ccccc5)nc43)C[C@@H]2O[P@@]2O[C@@H](C[Si](C)(c3ccccc3)c3ccccc3)[C@H]3CCCN32)(c2ccccc2)c2ccc(OC)cc2)cc1. The number of fused-ring (bicyclic) bond motifs is 2. The lowest BCUT2D eigenvalue weighted by Crippen LogP contribution is -2.58. The lowest BCUT2D eigenvalue weighted by molar-refractivity contribution is -0.118. The molecule has 3 saturated heterocycles. The average molecular weight is 1100 g/mol. The smallest absolute Gasteiger partial charge is 0.264 e. The number of para-hydroxylation sites is 1. The molecule has 16 nitrogen and oxygen atoms in total. The second kappa shape index (κ2) is 24.2. The monoisotopic (exact) mass is 1100 g/mol. The Labute approximate surface area is 462 Å². The summed E-state index contributed by atoms with van der Waals surface area (Å²) in [6, 6.07) is 60.1. The number of aromatic nitrogens is 4. The van der Waals surface area contributed by atoms with Crippen molar-refractivity contribution in [3.63, 3.8) is 0 Å². The third-order valence-corrected chi connectivity index (χ3v) is 21.4. The molecule has 5 heterocycles. The quantitative estimate of drug-likeness (QED) is 0.0294. The predicted molar refractivity (Wildman–Crippen MR) is 303 cm³/mol. The summed E-state index contributed by atoms with van der Waals surface area (Å²) in [5.74, 6) is 1.55. The maximum absolute atomic E-state index is 13.4. The van der Waals surface area contributed by atoms with Gasteiger partial charge in [-0.2, -0.15) is 15.2 Å². The standard InChI is InChI=1S/C61H62N7O9PSi/c1-70-46-31-27-44(28-32-46)61(43-18-8-4-9-19-43,45-29-33-47(71-2)34-30-45)74-39-53-52(76-78-68-36-16-26-51(68)54(77-78)41-79(3,49-22-12-6-13-23-49)50-24-14-7-15-25-50)38-56(75-53)67-42-63-57-58(67)65-60(66-59(57)72-37-17-35-62)64-55(69)40-73-48-20-10-5-11-21-48/h4-15,18-25,27-34,42,51-54,56H,16-17,26,36-41H2,1-3H3,(H,64,65,66,69)/t51-,52+,53-,54+,56-,78+/m1/s1. The fraction of sp³-hybridized carbons (Fsp3) is 0.295. The first kappa shape index (κ1) is 53.5. The number of amides is 1. The van der Waals surface area contributed by atoms with E-state index < -0.39 is 46.5 Å². The van der Waals surface area contributed by atoms with Crippen molar-refractivity contribution in [1.82, 2.24) is 24.2 Å². The summed E-state index contributed by atoms with van der Waals surface area (Å²) in [7, 11) is -0.574. The molecule has 1 amide bonds. The second-order valence-corrected chi connectivity index (χ2v) is 25.6. The van der Waals surface area contributed by atoms with Crippen LogP contribution in [0.3, 0.4) is 0 Å². The Kier molecular flexibility index (Phi) is 16.4. The molecule has 18 heteroatoms. The van der Waals surface area contributed by atoms with Crippen LogP contribution < -0.4 is 34.6 Å². The summed E-state index contributed by atoms with van der Waals surface area (Å²) in [5, 5.41) is 14.9. The maximum Gasteiger partial charge on any atom is 0.264 e. The highest BCUT2D eigenvalue weighted by Crippen LogP contribution is 2.59. The van der Waals surface area contributed by atoms with Crippen LogP contribution in [0.5, 0.6) is 23.1 Å². The van der Waals surface area contributed by atoms with Gasteiger partial charge in [0, 0.05) is 19.0 Å². The highest BCUT2D eigenvalue weighted by Gasteiger charge is 2.52. The highest BCUT2D eigenvalue weighted by atomic mass is 31.2. The molecule has 11 rings (SSSR count). The number of benzene rings is 6. The van der Waals surface area contributed by atoms with Crippen LogP contribution in [0.2, 0.25) is 12.6 Å². The first-order valence-electron chi connectivity index (χ1n) is 26.6. The molecule has 79 heavy (non-hydrogen) atoms. The Morgan fingerprint density at radius 3 is 2.00 bits per heavy atom. The minimum Gasteiger partial charge on any atom is -0.497 e. The molecule has 0 aliphatic carbocycles. The summed E-state index contributed by atoms with van der Waals surface area (Å²) in [6.45, 7) is 3.15. The third-order valence-electron chi connectivity index (χ3n) is 15.1. The molecule has 0 bridgehead atoms. The van der Waals surface area contributed by atoms with Crippen molar-refractivity contribution >= 4 is 50.0 Å². The van der Waals surface area contributed by atoms with Gasteiger partial charge in [0.05, 0.1) is 51.9 Å². The Balaban J connectivity index is 0.954. The number of ether oxygens (including phenoxy) is 6. The number of hydrogen-bond acceptors (Lipinski definition) is 14. The van der Waals surface area contributed by atoms with Gasteiger partial charge in [-0.15, -0.1) is 0 Å². The van der Waals surface area contributed by atoms with Crippen molar-refractivity contribution in [2.24, 2.45) is 0 Å². The average Bonchev–Trinajstić information content (AvgIpc) is 4.45. The zero-order valence-corrected chi connectivity index (χ0v) is 46.2. The molecule has 3 aliphatic rings. The summed E-state index contributed by atoms with van der Waals surface area (Å²) in [6.07, 6.45) is 2.18. The molecule has 0 radical (unpaired) electrons. The van der Waals surface area contributed by atoms with Crippen molar-refractivity contribution in [2.45, 2.75) is 74.5 Å². The van der Waals surface area contributed by atoms with Crippen molar-refractivity contribution < 1.29 is 42.3 Å². The molecule has 0 saturated carbocycles. The Bertz CT molecular complexity index is 3260. The molecule has 8 aromatic rings. The number of anilines is 1. The van der Waals surface area contributed by atoms with E-state index in [1.54, 1.807) is 32.7 Å². The number of hydrogen-bond donors (Lipinski definition) is 1. The minimum absolute atomic E-state index is 0.0318. The normalized spacial score (nSPS) is 20.1. The molecular weight excluding hydrogens is 1030 g/mol. The van der Waals surface area contributed by atoms with Crippen LogP contribution in [0, 0.1) is 11.3 Å². The molecule has 0 spiro atoms. The van der Waals surface area contributed by atoms with Gasteiger partial charge in [-0.25, -0.2) is 9.65 Å². The minimum atomic E-state index is -2.32. The van der Waals surface area contributed by atoms with E-state index in [1.807, 2.05) is 89.5 Å². The lowest BCUT2D eigenvalue weighted by Gasteiger charge is -2.37. The van der Waals surface area contributed by atoms with Crippen molar-refractivity contribution in [1.29, 1.82) is 5.26 Å².